The Morgan fingerprint density at radius 1 is 0.364 bits per heavy atom. The number of amidine groups is 2. The summed E-state index contributed by atoms with van der Waals surface area (Å²) in [6.45, 7) is 67.4. The van der Waals surface area contributed by atoms with E-state index in [0.29, 0.717) is 220 Å². The highest BCUT2D eigenvalue weighted by atomic mass is 35.5. The highest BCUT2D eigenvalue weighted by molar-refractivity contribution is 8.00. The van der Waals surface area contributed by atoms with E-state index in [1.165, 1.54) is 0 Å². The maximum Gasteiger partial charge on any atom is 0.287 e. The van der Waals surface area contributed by atoms with E-state index < -0.39 is 0 Å². The zero-order valence-electron chi connectivity index (χ0n) is 83.5. The first-order valence-corrected chi connectivity index (χ1v) is 53.7. The van der Waals surface area contributed by atoms with Crippen molar-refractivity contribution in [3.8, 4) is 34.5 Å². The smallest absolute Gasteiger partial charge is 0.287 e. The Bertz CT molecular complexity index is 5400. The van der Waals surface area contributed by atoms with Crippen LogP contribution in [0.2, 0.25) is 20.1 Å². The molecule has 718 valence electrons. The first kappa shape index (κ1) is 106. The molecule has 0 unspecified atom stereocenters. The molecule has 0 atom stereocenters. The second kappa shape index (κ2) is 47.8. The van der Waals surface area contributed by atoms with Gasteiger partial charge in [-0.3, -0.25) is 0 Å². The van der Waals surface area contributed by atoms with Crippen LogP contribution in [0.4, 0.5) is 11.6 Å². The number of nitrogens with one attached hydrogen (secondary N) is 1. The Morgan fingerprint density at radius 3 is 1.12 bits per heavy atom. The van der Waals surface area contributed by atoms with E-state index in [4.69, 9.17) is 114 Å². The summed E-state index contributed by atoms with van der Waals surface area (Å²) in [6, 6.07) is 0. The van der Waals surface area contributed by atoms with Gasteiger partial charge < -0.3 is 60.8 Å². The van der Waals surface area contributed by atoms with Crippen molar-refractivity contribution in [1.29, 1.82) is 0 Å². The Hall–Kier alpha value is -4.84. The van der Waals surface area contributed by atoms with E-state index in [-0.39, 0.29) is 77.7 Å². The van der Waals surface area contributed by atoms with Gasteiger partial charge in [-0.25, -0.2) is 9.98 Å². The van der Waals surface area contributed by atoms with E-state index in [2.05, 4.69) is 199 Å². The predicted octanol–water partition coefficient (Wildman–Crippen LogP) is 24.5. The average molecular weight is 1940 g/mol. The number of hydrogen-bond donors (Lipinski definition) is 1. The molecule has 0 spiro atoms. The van der Waals surface area contributed by atoms with Crippen molar-refractivity contribution in [3.05, 3.63) is 58.8 Å². The molecular formula is C100H157Cl4N12O9S4+5. The molecule has 29 heteroatoms. The summed E-state index contributed by atoms with van der Waals surface area (Å²) in [5, 5.41) is 5.08. The number of aromatic nitrogens is 4. The molecule has 0 radical (unpaired) electrons. The average Bonchev–Trinajstić information content (AvgIpc) is 1.52. The Labute approximate surface area is 808 Å². The van der Waals surface area contributed by atoms with Crippen molar-refractivity contribution in [2.24, 2.45) is 67.3 Å². The molecule has 6 bridgehead atoms. The number of thioether (sulfide) groups is 4. The van der Waals surface area contributed by atoms with Crippen molar-refractivity contribution in [1.82, 2.24) is 14.5 Å². The van der Waals surface area contributed by atoms with Crippen LogP contribution in [0.5, 0.6) is 34.5 Å². The summed E-state index contributed by atoms with van der Waals surface area (Å²) >= 11 is 40.3. The van der Waals surface area contributed by atoms with Gasteiger partial charge in [-0.1, -0.05) is 162 Å². The highest BCUT2D eigenvalue weighted by Gasteiger charge is 2.41. The SMILES string of the molecule is CC[N+](C)(CC)CCSc1c(Cl)c(OCCC(C)C)c2c(c1COCC(C)C)C1=NC2=Nc2[nH]c(c3c(OCCC(C)C)c(Cl)c(SCC[N+](C)(CC)CC)c(OCCC(C)C)c23)N=c2c3c(OCCC(C)C)c(SCC[N+](C)(CC)CC)c(Cl)c(OCCC(C)C)c3c3nc4c5c(OCCC(C)C)c(SCC[N+](C)(CC)CC)c(Cl)c(COCC(C)C)c5c(n4o[n+]2=3)=N1. The normalized spacial score (nSPS) is 13.5. The minimum absolute atomic E-state index is 0.0752. The number of rotatable bonds is 56. The summed E-state index contributed by atoms with van der Waals surface area (Å²) in [6.07, 6.45) is 4.34. The number of benzene rings is 4. The summed E-state index contributed by atoms with van der Waals surface area (Å²) < 4.78 is 74.0. The summed E-state index contributed by atoms with van der Waals surface area (Å²) in [4.78, 5) is 37.6. The lowest BCUT2D eigenvalue weighted by Crippen LogP contribution is -2.45. The van der Waals surface area contributed by atoms with Crippen LogP contribution in [0.3, 0.4) is 0 Å². The number of H-pyrrole nitrogens is 1. The number of ether oxygens (including phenoxy) is 8. The second-order valence-corrected chi connectivity index (χ2v) is 45.7. The second-order valence-electron chi connectivity index (χ2n) is 39.8. The zero-order valence-corrected chi connectivity index (χ0v) is 89.8. The van der Waals surface area contributed by atoms with Crippen LogP contribution in [-0.2, 0) is 22.7 Å². The number of aromatic amines is 1. The number of nitrogens with zero attached hydrogens (tertiary/aromatic N) is 11. The van der Waals surface area contributed by atoms with Crippen molar-refractivity contribution in [2.75, 3.05) is 183 Å². The van der Waals surface area contributed by atoms with Crippen molar-refractivity contribution >= 4 is 155 Å². The third-order valence-electron chi connectivity index (χ3n) is 26.2. The molecule has 0 amide bonds. The zero-order chi connectivity index (χ0) is 94.3. The van der Waals surface area contributed by atoms with Crippen LogP contribution in [0.25, 0.3) is 38.0 Å². The van der Waals surface area contributed by atoms with Crippen molar-refractivity contribution < 1.29 is 64.9 Å². The van der Waals surface area contributed by atoms with Crippen LogP contribution in [0, 0.1) is 52.8 Å². The first-order chi connectivity index (χ1) is 61.3. The molecule has 4 aliphatic rings. The molecule has 21 nitrogen and oxygen atoms in total. The molecule has 6 heterocycles. The fraction of sp³-hybridized carbons (Fsp3) is 0.680. The maximum absolute atomic E-state index is 8.45. The Kier molecular flexibility index (Phi) is 39.3. The third-order valence-corrected chi connectivity index (χ3v) is 32.5. The van der Waals surface area contributed by atoms with Gasteiger partial charge in [0.25, 0.3) is 16.6 Å². The van der Waals surface area contributed by atoms with Gasteiger partial charge >= 0.3 is 0 Å². The van der Waals surface area contributed by atoms with Crippen LogP contribution < -0.4 is 43.8 Å². The van der Waals surface area contributed by atoms with Gasteiger partial charge in [-0.15, -0.1) is 52.0 Å². The van der Waals surface area contributed by atoms with Crippen LogP contribution in [-0.4, -0.2) is 227 Å². The van der Waals surface area contributed by atoms with Crippen LogP contribution in [0.1, 0.15) is 227 Å². The molecule has 1 N–H and O–H groups in total. The monoisotopic (exact) mass is 1940 g/mol. The van der Waals surface area contributed by atoms with Crippen LogP contribution >= 0.6 is 93.5 Å². The molecule has 0 fully saturated rings. The molecule has 0 saturated heterocycles. The standard InChI is InChI=1S/C100H156Cl4N12O9S4/c1-29-113(25,30-2)43-53-126-89-70(60-118-58-68(23)24)71-73(83(80(89)102)119-47-37-61(9)10)94-105-93(71)108-97-72-69(59-117-57-67(21)22)79(101)90(127-54-44-114(26,31-3)32-4)87(123-51-41-65(17)18)76(72)99-110-100-77-78(88(124-52-42-66(19)20)92(129-56-46-116(28,35-7)36-8)82(104)85(77)121-49-39-63(13)14)98(112(100)125-111(97)99)109-96-74-75(95(106-94)107-96)86(122-50-40-64(15)16)91(128-55-45-115(27,33-5)34-6)81(103)84(74)120-48-38-62(11)12/h61-68H,29-60H2,1-28H3/q+4/p+1. The van der Waals surface area contributed by atoms with Gasteiger partial charge in [0.1, 0.15) is 49.3 Å². The van der Waals surface area contributed by atoms with Gasteiger partial charge in [-0.2, -0.15) is 9.62 Å². The summed E-state index contributed by atoms with van der Waals surface area (Å²) in [7, 11) is 9.28. The van der Waals surface area contributed by atoms with Gasteiger partial charge in [0.05, 0.1) is 206 Å². The molecule has 4 aliphatic heterocycles. The maximum atomic E-state index is 8.45. The largest absolute Gasteiger partial charge is 0.492 e. The molecule has 129 heavy (non-hydrogen) atoms. The fourth-order valence-corrected chi connectivity index (χ4v) is 22.1. The molecular weight excluding hydrogens is 1780 g/mol. The fourth-order valence-electron chi connectivity index (χ4n) is 15.4. The molecule has 0 aliphatic carbocycles. The topological polar surface area (TPSA) is 175 Å². The molecule has 0 saturated carbocycles. The first-order valence-electron chi connectivity index (χ1n) is 48.3. The van der Waals surface area contributed by atoms with Gasteiger partial charge in [0.2, 0.25) is 11.3 Å². The number of hydrogen-bond acceptors (Lipinski definition) is 18. The quantitative estimate of drug-likeness (QED) is 0.0216. The van der Waals surface area contributed by atoms with E-state index in [1.54, 1.807) is 56.0 Å². The molecule has 2 aromatic heterocycles. The van der Waals surface area contributed by atoms with Crippen LogP contribution in [0.15, 0.2) is 44.2 Å². The summed E-state index contributed by atoms with van der Waals surface area (Å²) in [5.41, 5.74) is 3.89. The van der Waals surface area contributed by atoms with E-state index in [9.17, 15) is 0 Å². The minimum atomic E-state index is 0.0752. The minimum Gasteiger partial charge on any atom is -0.492 e. The van der Waals surface area contributed by atoms with Crippen molar-refractivity contribution in [2.45, 2.75) is 237 Å². The third kappa shape index (κ3) is 25.3. The Balaban J connectivity index is 1.62. The van der Waals surface area contributed by atoms with Gasteiger partial charge in [-0.05, 0) is 150 Å². The highest BCUT2D eigenvalue weighted by Crippen LogP contribution is 2.57. The van der Waals surface area contributed by atoms with Gasteiger partial charge in [0, 0.05) is 57.8 Å². The lowest BCUT2D eigenvalue weighted by Gasteiger charge is -2.32. The number of quaternary nitrogens is 4. The number of halogens is 4. The lowest BCUT2D eigenvalue weighted by molar-refractivity contribution is -0.903. The summed E-state index contributed by atoms with van der Waals surface area (Å²) in [5.74, 6) is 8.86. The molecule has 6 aromatic rings. The van der Waals surface area contributed by atoms with E-state index in [1.807, 2.05) is 0 Å². The number of fused-ring (bicyclic) bond motifs is 15. The van der Waals surface area contributed by atoms with Crippen molar-refractivity contribution in [3.63, 3.8) is 0 Å². The lowest BCUT2D eigenvalue weighted by atomic mass is 9.99. The van der Waals surface area contributed by atoms with E-state index in [0.717, 1.165) is 148 Å². The Morgan fingerprint density at radius 2 is 0.705 bits per heavy atom. The predicted molar refractivity (Wildman–Crippen MR) is 544 cm³/mol. The molecule has 4 aromatic carbocycles. The van der Waals surface area contributed by atoms with Gasteiger partial charge in [0.15, 0.2) is 28.9 Å². The van der Waals surface area contributed by atoms with E-state index >= 15 is 0 Å². The molecule has 10 rings (SSSR count). The number of aliphatic imine (C=N–C) groups is 2.